The molecule has 1 aliphatic carbocycles. The number of rotatable bonds is 3. The fourth-order valence-electron chi connectivity index (χ4n) is 3.41. The van der Waals surface area contributed by atoms with Crippen LogP contribution < -0.4 is 10.6 Å². The molecule has 1 aliphatic heterocycles. The summed E-state index contributed by atoms with van der Waals surface area (Å²) < 4.78 is 0. The van der Waals surface area contributed by atoms with Gasteiger partial charge in [-0.25, -0.2) is 0 Å². The second kappa shape index (κ2) is 5.31. The van der Waals surface area contributed by atoms with E-state index < -0.39 is 23.9 Å². The van der Waals surface area contributed by atoms with Gasteiger partial charge in [0.1, 0.15) is 0 Å². The van der Waals surface area contributed by atoms with Crippen molar-refractivity contribution in [3.8, 4) is 0 Å². The zero-order chi connectivity index (χ0) is 15.9. The molecule has 2 fully saturated rings. The summed E-state index contributed by atoms with van der Waals surface area (Å²) in [5.41, 5.74) is 0. The highest BCUT2D eigenvalue weighted by atomic mass is 16.6. The lowest BCUT2D eigenvalue weighted by Crippen LogP contribution is -2.69. The van der Waals surface area contributed by atoms with Crippen LogP contribution in [-0.2, 0) is 16.0 Å². The fourth-order valence-corrected chi connectivity index (χ4v) is 3.41. The number of amides is 2. The van der Waals surface area contributed by atoms with Gasteiger partial charge in [0.05, 0.1) is 12.1 Å². The van der Waals surface area contributed by atoms with E-state index in [1.807, 2.05) is 0 Å². The lowest BCUT2D eigenvalue weighted by atomic mass is 9.69. The molecular formula is C11H15N7O4. The first-order valence-corrected chi connectivity index (χ1v) is 6.94. The summed E-state index contributed by atoms with van der Waals surface area (Å²) in [6, 6.07) is -1.64. The normalized spacial score (nSPS) is 34.5. The van der Waals surface area contributed by atoms with Crippen molar-refractivity contribution in [1.82, 2.24) is 31.3 Å². The molecule has 2 heterocycles. The molecule has 0 bridgehead atoms. The van der Waals surface area contributed by atoms with E-state index in [1.54, 1.807) is 6.92 Å². The average Bonchev–Trinajstić information content (AvgIpc) is 2.96. The number of aromatic nitrogens is 4. The zero-order valence-corrected chi connectivity index (χ0v) is 11.7. The smallest absolute Gasteiger partial charge is 0.309 e. The Morgan fingerprint density at radius 3 is 2.68 bits per heavy atom. The second-order valence-corrected chi connectivity index (χ2v) is 5.72. The number of fused-ring (bicyclic) bond motifs is 1. The number of hydrogen-bond donors (Lipinski definition) is 3. The van der Waals surface area contributed by atoms with Crippen LogP contribution in [0.15, 0.2) is 0 Å². The maximum atomic E-state index is 11.6. The first-order valence-electron chi connectivity index (χ1n) is 6.94. The number of aromatic amines is 1. The molecule has 3 N–H and O–H groups in total. The Balaban J connectivity index is 1.89. The van der Waals surface area contributed by atoms with Crippen LogP contribution in [0.1, 0.15) is 19.2 Å². The van der Waals surface area contributed by atoms with E-state index in [9.17, 15) is 19.7 Å². The first-order chi connectivity index (χ1) is 10.5. The highest BCUT2D eigenvalue weighted by molar-refractivity contribution is 6.35. The number of nitro groups is 1. The van der Waals surface area contributed by atoms with Crippen LogP contribution in [0, 0.1) is 22.0 Å². The van der Waals surface area contributed by atoms with Gasteiger partial charge < -0.3 is 10.6 Å². The third kappa shape index (κ3) is 2.38. The van der Waals surface area contributed by atoms with Crippen molar-refractivity contribution in [3.63, 3.8) is 0 Å². The van der Waals surface area contributed by atoms with Crippen molar-refractivity contribution in [3.05, 3.63) is 15.9 Å². The quantitative estimate of drug-likeness (QED) is 0.332. The van der Waals surface area contributed by atoms with Crippen LogP contribution in [0.4, 0.5) is 0 Å². The zero-order valence-electron chi connectivity index (χ0n) is 11.7. The Morgan fingerprint density at radius 2 is 2.05 bits per heavy atom. The molecular weight excluding hydrogens is 294 g/mol. The molecule has 0 spiro atoms. The van der Waals surface area contributed by atoms with E-state index in [-0.39, 0.29) is 29.2 Å². The molecule has 1 aromatic rings. The predicted octanol–water partition coefficient (Wildman–Crippen LogP) is -1.97. The maximum absolute atomic E-state index is 11.6. The SMILES string of the molecule is CC1C(Cc2nn[nH]n2)C2NC(=O)C(=O)NC2CC1[N+](=O)[O-]. The third-order valence-electron chi connectivity index (χ3n) is 4.57. The molecule has 1 saturated heterocycles. The van der Waals surface area contributed by atoms with E-state index in [0.29, 0.717) is 12.2 Å². The van der Waals surface area contributed by atoms with Crippen molar-refractivity contribution < 1.29 is 14.5 Å². The van der Waals surface area contributed by atoms with Crippen LogP contribution >= 0.6 is 0 Å². The first kappa shape index (κ1) is 14.4. The summed E-state index contributed by atoms with van der Waals surface area (Å²) in [7, 11) is 0. The van der Waals surface area contributed by atoms with E-state index >= 15 is 0 Å². The van der Waals surface area contributed by atoms with Gasteiger partial charge in [-0.05, 0) is 5.92 Å². The summed E-state index contributed by atoms with van der Waals surface area (Å²) in [5.74, 6) is -1.62. The van der Waals surface area contributed by atoms with Crippen LogP contribution in [0.3, 0.4) is 0 Å². The van der Waals surface area contributed by atoms with E-state index in [4.69, 9.17) is 0 Å². The number of tetrazole rings is 1. The molecule has 2 amide bonds. The van der Waals surface area contributed by atoms with Crippen molar-refractivity contribution in [1.29, 1.82) is 0 Å². The summed E-state index contributed by atoms with van der Waals surface area (Å²) >= 11 is 0. The summed E-state index contributed by atoms with van der Waals surface area (Å²) in [4.78, 5) is 34.1. The van der Waals surface area contributed by atoms with Crippen LogP contribution in [0.5, 0.6) is 0 Å². The maximum Gasteiger partial charge on any atom is 0.309 e. The van der Waals surface area contributed by atoms with E-state index in [0.717, 1.165) is 0 Å². The minimum Gasteiger partial charge on any atom is -0.343 e. The monoisotopic (exact) mass is 309 g/mol. The molecule has 5 atom stereocenters. The van der Waals surface area contributed by atoms with Crippen molar-refractivity contribution in [2.45, 2.75) is 37.9 Å². The molecule has 11 heteroatoms. The van der Waals surface area contributed by atoms with Gasteiger partial charge in [0, 0.05) is 23.7 Å². The fraction of sp³-hybridized carbons (Fsp3) is 0.727. The van der Waals surface area contributed by atoms with Gasteiger partial charge in [0.25, 0.3) is 0 Å². The van der Waals surface area contributed by atoms with Gasteiger partial charge in [0.15, 0.2) is 5.82 Å². The highest BCUT2D eigenvalue weighted by Gasteiger charge is 2.51. The molecule has 0 radical (unpaired) electrons. The predicted molar refractivity (Wildman–Crippen MR) is 69.8 cm³/mol. The number of H-pyrrole nitrogens is 1. The Morgan fingerprint density at radius 1 is 1.32 bits per heavy atom. The number of carbonyl (C=O) groups excluding carboxylic acids is 2. The van der Waals surface area contributed by atoms with Gasteiger partial charge in [-0.2, -0.15) is 5.21 Å². The van der Waals surface area contributed by atoms with Crippen LogP contribution in [-0.4, -0.2) is 55.5 Å². The van der Waals surface area contributed by atoms with E-state index in [2.05, 4.69) is 31.3 Å². The standard InChI is InChI=1S/C11H15N7O4/c1-4-5(2-8-14-16-17-15-8)9-6(3-7(4)18(21)22)12-10(19)11(20)13-9/h4-7,9H,2-3H2,1H3,(H,12,19)(H,13,20)(H,14,15,16,17). The molecule has 3 rings (SSSR count). The molecule has 5 unspecified atom stereocenters. The topological polar surface area (TPSA) is 156 Å². The average molecular weight is 309 g/mol. The second-order valence-electron chi connectivity index (χ2n) is 5.72. The minimum atomic E-state index is -0.798. The summed E-state index contributed by atoms with van der Waals surface area (Å²) in [5, 5.41) is 30.1. The molecule has 1 aromatic heterocycles. The molecule has 1 saturated carbocycles. The Kier molecular flexibility index (Phi) is 3.47. The summed E-state index contributed by atoms with van der Waals surface area (Å²) in [6.45, 7) is 1.77. The van der Waals surface area contributed by atoms with E-state index in [1.165, 1.54) is 0 Å². The van der Waals surface area contributed by atoms with Gasteiger partial charge in [-0.15, -0.1) is 10.2 Å². The van der Waals surface area contributed by atoms with Crippen molar-refractivity contribution in [2.24, 2.45) is 11.8 Å². The minimum absolute atomic E-state index is 0.188. The van der Waals surface area contributed by atoms with Gasteiger partial charge in [0.2, 0.25) is 6.04 Å². The number of nitrogens with one attached hydrogen (secondary N) is 3. The van der Waals surface area contributed by atoms with Gasteiger partial charge >= 0.3 is 11.8 Å². The number of piperazine rings is 1. The number of carbonyl (C=O) groups is 2. The number of hydrogen-bond acceptors (Lipinski definition) is 7. The molecule has 118 valence electrons. The molecule has 11 nitrogen and oxygen atoms in total. The third-order valence-corrected chi connectivity index (χ3v) is 4.57. The van der Waals surface area contributed by atoms with Crippen LogP contribution in [0.2, 0.25) is 0 Å². The van der Waals surface area contributed by atoms with Crippen molar-refractivity contribution >= 4 is 11.8 Å². The Labute approximate surface area is 124 Å². The Hall–Kier alpha value is -2.59. The molecule has 2 aliphatic rings. The lowest BCUT2D eigenvalue weighted by molar-refractivity contribution is -0.538. The largest absolute Gasteiger partial charge is 0.343 e. The van der Waals surface area contributed by atoms with Gasteiger partial charge in [-0.1, -0.05) is 12.1 Å². The lowest BCUT2D eigenvalue weighted by Gasteiger charge is -2.45. The van der Waals surface area contributed by atoms with Gasteiger partial charge in [-0.3, -0.25) is 19.7 Å². The molecule has 0 aromatic carbocycles. The van der Waals surface area contributed by atoms with Crippen molar-refractivity contribution in [2.75, 3.05) is 0 Å². The van der Waals surface area contributed by atoms with Crippen LogP contribution in [0.25, 0.3) is 0 Å². The summed E-state index contributed by atoms with van der Waals surface area (Å²) in [6.07, 6.45) is 0.521. The molecule has 22 heavy (non-hydrogen) atoms. The highest BCUT2D eigenvalue weighted by Crippen LogP contribution is 2.35. The number of nitrogens with zero attached hydrogens (tertiary/aromatic N) is 4. The Bertz CT molecular complexity index is 604.